The number of hydrogen-bond donors (Lipinski definition) is 2. The normalized spacial score (nSPS) is 17.1. The Kier molecular flexibility index (Phi) is 4.25. The van der Waals surface area contributed by atoms with Gasteiger partial charge in [0.05, 0.1) is 18.0 Å². The van der Waals surface area contributed by atoms with Crippen molar-refractivity contribution < 1.29 is 24.0 Å². The van der Waals surface area contributed by atoms with Crippen LogP contribution in [-0.4, -0.2) is 27.4 Å². The van der Waals surface area contributed by atoms with Crippen molar-refractivity contribution in [2.24, 2.45) is 0 Å². The molecule has 0 aromatic carbocycles. The van der Waals surface area contributed by atoms with Crippen molar-refractivity contribution >= 4 is 17.8 Å². The molecular weight excluding hydrogens is 280 g/mol. The average Bonchev–Trinajstić information content (AvgIpc) is 2.88. The second-order valence-electron chi connectivity index (χ2n) is 5.26. The van der Waals surface area contributed by atoms with E-state index in [9.17, 15) is 19.7 Å². The highest BCUT2D eigenvalue weighted by Gasteiger charge is 2.36. The van der Waals surface area contributed by atoms with Crippen LogP contribution in [0.2, 0.25) is 0 Å². The monoisotopic (exact) mass is 296 g/mol. The summed E-state index contributed by atoms with van der Waals surface area (Å²) in [5, 5.41) is 22.3. The van der Waals surface area contributed by atoms with E-state index in [0.29, 0.717) is 12.8 Å². The minimum Gasteiger partial charge on any atom is -0.481 e. The molecule has 1 amide bonds. The first-order valence-corrected chi connectivity index (χ1v) is 6.70. The Morgan fingerprint density at radius 2 is 2.00 bits per heavy atom. The number of carboxylic acids is 1. The van der Waals surface area contributed by atoms with Gasteiger partial charge in [-0.05, 0) is 18.9 Å². The lowest BCUT2D eigenvalue weighted by atomic mass is 9.79. The lowest BCUT2D eigenvalue weighted by Crippen LogP contribution is -2.51. The summed E-state index contributed by atoms with van der Waals surface area (Å²) < 4.78 is 4.84. The maximum Gasteiger partial charge on any atom is 0.433 e. The number of carbonyl (C=O) groups is 2. The molecule has 2 rings (SSSR count). The number of rotatable bonds is 5. The van der Waals surface area contributed by atoms with E-state index in [1.54, 1.807) is 0 Å². The molecule has 1 aliphatic rings. The summed E-state index contributed by atoms with van der Waals surface area (Å²) in [6.07, 6.45) is 3.67. The zero-order chi connectivity index (χ0) is 15.5. The molecule has 0 bridgehead atoms. The van der Waals surface area contributed by atoms with Crippen molar-refractivity contribution in [2.45, 2.75) is 44.1 Å². The third-order valence-corrected chi connectivity index (χ3v) is 3.67. The van der Waals surface area contributed by atoms with Gasteiger partial charge in [-0.2, -0.15) is 0 Å². The molecule has 0 radical (unpaired) electrons. The Morgan fingerprint density at radius 3 is 2.52 bits per heavy atom. The van der Waals surface area contributed by atoms with Crippen molar-refractivity contribution in [1.29, 1.82) is 0 Å². The molecule has 2 N–H and O–H groups in total. The molecule has 21 heavy (non-hydrogen) atoms. The number of amides is 1. The van der Waals surface area contributed by atoms with Crippen LogP contribution in [-0.2, 0) is 4.79 Å². The highest BCUT2D eigenvalue weighted by atomic mass is 16.6. The third-order valence-electron chi connectivity index (χ3n) is 3.67. The number of hydrogen-bond acceptors (Lipinski definition) is 5. The maximum atomic E-state index is 12.1. The zero-order valence-corrected chi connectivity index (χ0v) is 11.3. The van der Waals surface area contributed by atoms with E-state index in [1.165, 1.54) is 6.07 Å². The molecule has 8 nitrogen and oxygen atoms in total. The Bertz CT molecular complexity index is 559. The van der Waals surface area contributed by atoms with Gasteiger partial charge in [0.15, 0.2) is 5.76 Å². The molecule has 1 fully saturated rings. The summed E-state index contributed by atoms with van der Waals surface area (Å²) in [6.45, 7) is 0. The van der Waals surface area contributed by atoms with Gasteiger partial charge < -0.3 is 14.8 Å². The Morgan fingerprint density at radius 1 is 1.33 bits per heavy atom. The molecule has 1 heterocycles. The Hall–Kier alpha value is -2.38. The van der Waals surface area contributed by atoms with E-state index < -0.39 is 28.2 Å². The van der Waals surface area contributed by atoms with Crippen molar-refractivity contribution in [3.63, 3.8) is 0 Å². The van der Waals surface area contributed by atoms with Crippen LogP contribution in [0, 0.1) is 10.1 Å². The predicted octanol–water partition coefficient (Wildman–Crippen LogP) is 2.10. The summed E-state index contributed by atoms with van der Waals surface area (Å²) in [4.78, 5) is 32.9. The van der Waals surface area contributed by atoms with Gasteiger partial charge in [-0.3, -0.25) is 19.7 Å². The third kappa shape index (κ3) is 3.59. The van der Waals surface area contributed by atoms with Crippen LogP contribution in [0.4, 0.5) is 5.88 Å². The van der Waals surface area contributed by atoms with Crippen LogP contribution in [0.15, 0.2) is 16.5 Å². The van der Waals surface area contributed by atoms with Crippen LogP contribution in [0.1, 0.15) is 49.1 Å². The van der Waals surface area contributed by atoms with Crippen molar-refractivity contribution in [2.75, 3.05) is 0 Å². The number of carbonyl (C=O) groups excluding carboxylic acids is 1. The Balaban J connectivity index is 2.13. The minimum absolute atomic E-state index is 0.165. The van der Waals surface area contributed by atoms with E-state index in [2.05, 4.69) is 5.32 Å². The van der Waals surface area contributed by atoms with Crippen molar-refractivity contribution in [1.82, 2.24) is 5.32 Å². The van der Waals surface area contributed by atoms with Gasteiger partial charge in [-0.25, -0.2) is 0 Å². The molecule has 114 valence electrons. The van der Waals surface area contributed by atoms with Crippen LogP contribution in [0.5, 0.6) is 0 Å². The molecule has 1 saturated carbocycles. The fourth-order valence-corrected chi connectivity index (χ4v) is 2.71. The summed E-state index contributed by atoms with van der Waals surface area (Å²) >= 11 is 0. The van der Waals surface area contributed by atoms with Gasteiger partial charge >= 0.3 is 11.9 Å². The summed E-state index contributed by atoms with van der Waals surface area (Å²) in [5.74, 6) is -2.30. The summed E-state index contributed by atoms with van der Waals surface area (Å²) in [5.41, 5.74) is -0.803. The SMILES string of the molecule is O=C(O)CC1(NC(=O)c2ccc([N+](=O)[O-])o2)CCCCC1. The van der Waals surface area contributed by atoms with Gasteiger partial charge in [0.2, 0.25) is 0 Å². The first kappa shape index (κ1) is 15.0. The van der Waals surface area contributed by atoms with Gasteiger partial charge in [0, 0.05) is 0 Å². The summed E-state index contributed by atoms with van der Waals surface area (Å²) in [6, 6.07) is 2.31. The van der Waals surface area contributed by atoms with Crippen molar-refractivity contribution in [3.8, 4) is 0 Å². The first-order valence-electron chi connectivity index (χ1n) is 6.70. The van der Waals surface area contributed by atoms with E-state index in [1.807, 2.05) is 0 Å². The fourth-order valence-electron chi connectivity index (χ4n) is 2.71. The molecule has 1 aliphatic carbocycles. The number of aliphatic carboxylic acids is 1. The van der Waals surface area contributed by atoms with Gasteiger partial charge in [-0.15, -0.1) is 0 Å². The maximum absolute atomic E-state index is 12.1. The molecule has 1 aromatic heterocycles. The molecule has 0 atom stereocenters. The lowest BCUT2D eigenvalue weighted by Gasteiger charge is -2.36. The number of furan rings is 1. The largest absolute Gasteiger partial charge is 0.481 e. The molecule has 1 aromatic rings. The van der Waals surface area contributed by atoms with E-state index in [0.717, 1.165) is 25.3 Å². The smallest absolute Gasteiger partial charge is 0.433 e. The number of nitro groups is 1. The Labute approximate surface area is 120 Å². The quantitative estimate of drug-likeness (QED) is 0.633. The predicted molar refractivity (Wildman–Crippen MR) is 70.9 cm³/mol. The van der Waals surface area contributed by atoms with Gasteiger partial charge in [0.1, 0.15) is 4.92 Å². The highest BCUT2D eigenvalue weighted by molar-refractivity contribution is 5.92. The standard InChI is InChI=1S/C13H16N2O6/c16-11(17)8-13(6-2-1-3-7-13)14-12(18)9-4-5-10(21-9)15(19)20/h4-5H,1-3,6-8H2,(H,14,18)(H,16,17). The van der Waals surface area contributed by atoms with E-state index >= 15 is 0 Å². The molecular formula is C13H16N2O6. The minimum atomic E-state index is -0.984. The van der Waals surface area contributed by atoms with Crippen LogP contribution >= 0.6 is 0 Å². The van der Waals surface area contributed by atoms with E-state index in [4.69, 9.17) is 9.52 Å². The lowest BCUT2D eigenvalue weighted by molar-refractivity contribution is -0.402. The fraction of sp³-hybridized carbons (Fsp3) is 0.538. The number of nitrogens with one attached hydrogen (secondary N) is 1. The van der Waals surface area contributed by atoms with Crippen LogP contribution in [0.25, 0.3) is 0 Å². The van der Waals surface area contributed by atoms with E-state index in [-0.39, 0.29) is 12.2 Å². The average molecular weight is 296 g/mol. The summed E-state index contributed by atoms with van der Waals surface area (Å²) in [7, 11) is 0. The number of carboxylic acid groups (broad SMARTS) is 1. The zero-order valence-electron chi connectivity index (χ0n) is 11.3. The van der Waals surface area contributed by atoms with Gasteiger partial charge in [-0.1, -0.05) is 19.3 Å². The van der Waals surface area contributed by atoms with Crippen molar-refractivity contribution in [3.05, 3.63) is 28.0 Å². The first-order chi connectivity index (χ1) is 9.92. The van der Waals surface area contributed by atoms with Gasteiger partial charge in [0.25, 0.3) is 5.91 Å². The second-order valence-corrected chi connectivity index (χ2v) is 5.26. The highest BCUT2D eigenvalue weighted by Crippen LogP contribution is 2.31. The molecule has 0 aliphatic heterocycles. The van der Waals surface area contributed by atoms with Crippen LogP contribution < -0.4 is 5.32 Å². The molecule has 0 unspecified atom stereocenters. The number of nitrogens with zero attached hydrogens (tertiary/aromatic N) is 1. The molecule has 0 spiro atoms. The topological polar surface area (TPSA) is 123 Å². The van der Waals surface area contributed by atoms with Crippen LogP contribution in [0.3, 0.4) is 0 Å². The second kappa shape index (κ2) is 5.94. The molecule has 0 saturated heterocycles. The molecule has 8 heteroatoms.